The van der Waals surface area contributed by atoms with Crippen molar-refractivity contribution < 1.29 is 4.43 Å². The summed E-state index contributed by atoms with van der Waals surface area (Å²) in [6.07, 6.45) is 1.76. The molecule has 0 amide bonds. The van der Waals surface area contributed by atoms with Gasteiger partial charge in [0.1, 0.15) is 5.75 Å². The molecule has 0 aliphatic heterocycles. The highest BCUT2D eigenvalue weighted by atomic mass is 28.4. The SMILES string of the molecule is CC[Si](CC)(CC)Oc1ccccc1C=Nc1c(C)n(C)n(-c2ccccc2)c1=O. The largest absolute Gasteiger partial charge is 0.543 e. The molecule has 0 N–H and O–H groups in total. The molecule has 0 saturated carbocycles. The van der Waals surface area contributed by atoms with E-state index in [4.69, 9.17) is 4.43 Å². The third-order valence-corrected chi connectivity index (χ3v) is 10.6. The van der Waals surface area contributed by atoms with Crippen LogP contribution in [0.5, 0.6) is 5.75 Å². The lowest BCUT2D eigenvalue weighted by Gasteiger charge is -2.29. The quantitative estimate of drug-likeness (QED) is 0.350. The molecule has 0 bridgehead atoms. The van der Waals surface area contributed by atoms with E-state index in [9.17, 15) is 4.79 Å². The zero-order valence-corrected chi connectivity index (χ0v) is 19.6. The van der Waals surface area contributed by atoms with Crippen LogP contribution in [0.15, 0.2) is 64.4 Å². The molecule has 6 heteroatoms. The molecular formula is C24H31N3O2Si. The molecule has 0 fully saturated rings. The van der Waals surface area contributed by atoms with Gasteiger partial charge in [0.25, 0.3) is 13.9 Å². The van der Waals surface area contributed by atoms with Crippen molar-refractivity contribution in [2.75, 3.05) is 0 Å². The van der Waals surface area contributed by atoms with Crippen molar-refractivity contribution in [3.8, 4) is 11.4 Å². The van der Waals surface area contributed by atoms with E-state index in [1.54, 1.807) is 10.9 Å². The van der Waals surface area contributed by atoms with Gasteiger partial charge in [0.15, 0.2) is 5.69 Å². The van der Waals surface area contributed by atoms with E-state index in [2.05, 4.69) is 25.8 Å². The second-order valence-electron chi connectivity index (χ2n) is 7.55. The van der Waals surface area contributed by atoms with Gasteiger partial charge < -0.3 is 4.43 Å². The Balaban J connectivity index is 1.99. The molecule has 0 saturated heterocycles. The minimum Gasteiger partial charge on any atom is -0.543 e. The Morgan fingerprint density at radius 1 is 0.967 bits per heavy atom. The molecule has 5 nitrogen and oxygen atoms in total. The maximum Gasteiger partial charge on any atom is 0.297 e. The first-order valence-electron chi connectivity index (χ1n) is 10.6. The monoisotopic (exact) mass is 421 g/mol. The zero-order chi connectivity index (χ0) is 21.7. The molecule has 1 heterocycles. The summed E-state index contributed by atoms with van der Waals surface area (Å²) in [5.74, 6) is 0.857. The normalized spacial score (nSPS) is 11.9. The van der Waals surface area contributed by atoms with Crippen LogP contribution >= 0.6 is 0 Å². The number of hydrogen-bond acceptors (Lipinski definition) is 3. The van der Waals surface area contributed by atoms with E-state index in [1.807, 2.05) is 73.3 Å². The van der Waals surface area contributed by atoms with E-state index in [0.717, 1.165) is 40.8 Å². The molecule has 0 spiro atoms. The first-order chi connectivity index (χ1) is 14.5. The van der Waals surface area contributed by atoms with Crippen molar-refractivity contribution in [1.82, 2.24) is 9.36 Å². The van der Waals surface area contributed by atoms with Crippen molar-refractivity contribution >= 4 is 20.2 Å². The minimum atomic E-state index is -1.80. The molecule has 158 valence electrons. The third kappa shape index (κ3) is 4.19. The van der Waals surface area contributed by atoms with Crippen LogP contribution in [0.1, 0.15) is 32.0 Å². The molecule has 3 rings (SSSR count). The van der Waals surface area contributed by atoms with Gasteiger partial charge >= 0.3 is 0 Å². The van der Waals surface area contributed by atoms with Crippen molar-refractivity contribution in [2.45, 2.75) is 45.8 Å². The highest BCUT2D eigenvalue weighted by Crippen LogP contribution is 2.28. The van der Waals surface area contributed by atoms with Gasteiger partial charge in [0.05, 0.1) is 11.4 Å². The molecule has 0 atom stereocenters. The Labute approximate surface area is 179 Å². The molecule has 0 radical (unpaired) electrons. The number of benzene rings is 2. The lowest BCUT2D eigenvalue weighted by atomic mass is 10.2. The fourth-order valence-electron chi connectivity index (χ4n) is 3.72. The Morgan fingerprint density at radius 2 is 1.57 bits per heavy atom. The highest BCUT2D eigenvalue weighted by Gasteiger charge is 2.31. The summed E-state index contributed by atoms with van der Waals surface area (Å²) < 4.78 is 10.1. The summed E-state index contributed by atoms with van der Waals surface area (Å²) in [4.78, 5) is 17.7. The van der Waals surface area contributed by atoms with Crippen LogP contribution in [0, 0.1) is 6.92 Å². The van der Waals surface area contributed by atoms with Gasteiger partial charge in [-0.1, -0.05) is 51.1 Å². The number of aromatic nitrogens is 2. The molecule has 1 aromatic heterocycles. The van der Waals surface area contributed by atoms with Crippen molar-refractivity contribution in [3.63, 3.8) is 0 Å². The molecular weight excluding hydrogens is 390 g/mol. The molecule has 30 heavy (non-hydrogen) atoms. The highest BCUT2D eigenvalue weighted by molar-refractivity contribution is 6.74. The summed E-state index contributed by atoms with van der Waals surface area (Å²) in [5.41, 5.74) is 2.86. The smallest absolute Gasteiger partial charge is 0.297 e. The number of nitrogens with zero attached hydrogens (tertiary/aromatic N) is 3. The second kappa shape index (κ2) is 9.30. The molecule has 0 aliphatic rings. The average molecular weight is 422 g/mol. The van der Waals surface area contributed by atoms with Gasteiger partial charge in [-0.25, -0.2) is 9.67 Å². The van der Waals surface area contributed by atoms with Gasteiger partial charge in [-0.05, 0) is 49.3 Å². The van der Waals surface area contributed by atoms with E-state index in [1.165, 1.54) is 0 Å². The Kier molecular flexibility index (Phi) is 6.77. The summed E-state index contributed by atoms with van der Waals surface area (Å²) in [6.45, 7) is 8.57. The van der Waals surface area contributed by atoms with Crippen LogP contribution in [-0.4, -0.2) is 23.9 Å². The predicted molar refractivity (Wildman–Crippen MR) is 127 cm³/mol. The molecule has 0 aliphatic carbocycles. The van der Waals surface area contributed by atoms with Crippen molar-refractivity contribution in [2.24, 2.45) is 12.0 Å². The van der Waals surface area contributed by atoms with Crippen LogP contribution in [0.3, 0.4) is 0 Å². The lowest BCUT2D eigenvalue weighted by Crippen LogP contribution is -2.39. The molecule has 3 aromatic rings. The van der Waals surface area contributed by atoms with Crippen LogP contribution in [0.4, 0.5) is 5.69 Å². The van der Waals surface area contributed by atoms with Crippen LogP contribution in [0.2, 0.25) is 18.1 Å². The Morgan fingerprint density at radius 3 is 2.20 bits per heavy atom. The summed E-state index contributed by atoms with van der Waals surface area (Å²) in [5, 5.41) is 0. The fraction of sp³-hybridized carbons (Fsp3) is 0.333. The second-order valence-corrected chi connectivity index (χ2v) is 12.2. The number of hydrogen-bond donors (Lipinski definition) is 0. The minimum absolute atomic E-state index is 0.129. The number of aliphatic imine (C=N–C) groups is 1. The predicted octanol–water partition coefficient (Wildman–Crippen LogP) is 5.62. The van der Waals surface area contributed by atoms with Gasteiger partial charge in [0, 0.05) is 18.8 Å². The van der Waals surface area contributed by atoms with Crippen molar-refractivity contribution in [3.05, 3.63) is 76.2 Å². The van der Waals surface area contributed by atoms with Crippen LogP contribution in [0.25, 0.3) is 5.69 Å². The number of rotatable bonds is 8. The topological polar surface area (TPSA) is 48.5 Å². The van der Waals surface area contributed by atoms with Crippen molar-refractivity contribution in [1.29, 1.82) is 0 Å². The Bertz CT molecular complexity index is 1070. The summed E-state index contributed by atoms with van der Waals surface area (Å²) in [6, 6.07) is 20.8. The summed E-state index contributed by atoms with van der Waals surface area (Å²) in [7, 11) is 0.0782. The van der Waals surface area contributed by atoms with Crippen LogP contribution < -0.4 is 9.99 Å². The standard InChI is InChI=1S/C24H31N3O2Si/c1-6-30(7-2,8-3)29-22-17-13-12-14-20(22)18-25-23-19(4)26(5)27(24(23)28)21-15-10-9-11-16-21/h9-18H,6-8H2,1-5H3. The maximum absolute atomic E-state index is 13.1. The van der Waals surface area contributed by atoms with Gasteiger partial charge in [-0.2, -0.15) is 0 Å². The maximum atomic E-state index is 13.1. The molecule has 2 aromatic carbocycles. The van der Waals surface area contributed by atoms with E-state index in [-0.39, 0.29) is 5.56 Å². The van der Waals surface area contributed by atoms with E-state index < -0.39 is 8.32 Å². The Hall–Kier alpha value is -2.86. The first-order valence-corrected chi connectivity index (χ1v) is 13.2. The van der Waals surface area contributed by atoms with Crippen LogP contribution in [-0.2, 0) is 7.05 Å². The third-order valence-electron chi connectivity index (χ3n) is 6.04. The van der Waals surface area contributed by atoms with Gasteiger partial charge in [0.2, 0.25) is 0 Å². The van der Waals surface area contributed by atoms with E-state index in [0.29, 0.717) is 5.69 Å². The summed E-state index contributed by atoms with van der Waals surface area (Å²) >= 11 is 0. The average Bonchev–Trinajstić information content (AvgIpc) is 3.00. The first kappa shape index (κ1) is 21.8. The van der Waals surface area contributed by atoms with Gasteiger partial charge in [-0.15, -0.1) is 0 Å². The van der Waals surface area contributed by atoms with E-state index >= 15 is 0 Å². The zero-order valence-electron chi connectivity index (χ0n) is 18.6. The fourth-order valence-corrected chi connectivity index (χ4v) is 6.30. The molecule has 0 unspecified atom stereocenters. The number of para-hydroxylation sites is 2. The lowest BCUT2D eigenvalue weighted by molar-refractivity contribution is 0.531. The van der Waals surface area contributed by atoms with Gasteiger partial charge in [-0.3, -0.25) is 9.48 Å².